The zero-order chi connectivity index (χ0) is 17.2. The molecule has 0 saturated heterocycles. The summed E-state index contributed by atoms with van der Waals surface area (Å²) < 4.78 is 27.7. The number of aliphatic hydroxyl groups excluding tert-OH is 1. The van der Waals surface area contributed by atoms with Crippen LogP contribution in [-0.4, -0.2) is 25.0 Å². The first-order valence-electron chi connectivity index (χ1n) is 7.23. The van der Waals surface area contributed by atoms with Crippen LogP contribution >= 0.6 is 0 Å². The van der Waals surface area contributed by atoms with Gasteiger partial charge in [-0.25, -0.2) is 18.4 Å². The maximum atomic E-state index is 13.2. The standard InChI is InChI=1S/C17H15F2N3O2/c18-14-5-1-12(2-6-14)16(23)17(24,9-22-11-20-10-21-22)13-3-7-15(19)8-4-13/h1-8,10-11,16,23-24H,9H2/t16-,17-/m0/s1. The van der Waals surface area contributed by atoms with E-state index in [1.165, 1.54) is 65.9 Å². The van der Waals surface area contributed by atoms with Crippen molar-refractivity contribution in [1.82, 2.24) is 14.8 Å². The van der Waals surface area contributed by atoms with Crippen LogP contribution in [0.15, 0.2) is 61.2 Å². The van der Waals surface area contributed by atoms with Gasteiger partial charge < -0.3 is 10.2 Å². The molecule has 24 heavy (non-hydrogen) atoms. The van der Waals surface area contributed by atoms with Crippen molar-refractivity contribution in [3.63, 3.8) is 0 Å². The molecule has 3 rings (SSSR count). The van der Waals surface area contributed by atoms with Crippen LogP contribution in [0.3, 0.4) is 0 Å². The number of halogens is 2. The molecule has 0 aliphatic heterocycles. The Hall–Kier alpha value is -2.64. The third kappa shape index (κ3) is 3.17. The number of nitrogens with zero attached hydrogens (tertiary/aromatic N) is 3. The van der Waals surface area contributed by atoms with Crippen molar-refractivity contribution >= 4 is 0 Å². The molecule has 2 aromatic carbocycles. The number of hydrogen-bond acceptors (Lipinski definition) is 4. The molecule has 0 fully saturated rings. The SMILES string of the molecule is O[C@@H](c1ccc(F)cc1)[C@](O)(Cn1cncn1)c1ccc(F)cc1. The van der Waals surface area contributed by atoms with Gasteiger partial charge in [0.2, 0.25) is 0 Å². The molecule has 0 aliphatic rings. The predicted octanol–water partition coefficient (Wildman–Crippen LogP) is 2.18. The Balaban J connectivity index is 2.03. The molecule has 1 heterocycles. The van der Waals surface area contributed by atoms with Gasteiger partial charge >= 0.3 is 0 Å². The number of benzene rings is 2. The number of hydrogen-bond donors (Lipinski definition) is 2. The first kappa shape index (κ1) is 16.2. The van der Waals surface area contributed by atoms with Gasteiger partial charge in [-0.3, -0.25) is 0 Å². The highest BCUT2D eigenvalue weighted by atomic mass is 19.1. The number of aromatic nitrogens is 3. The molecular weight excluding hydrogens is 316 g/mol. The highest BCUT2D eigenvalue weighted by Crippen LogP contribution is 2.36. The average molecular weight is 331 g/mol. The highest BCUT2D eigenvalue weighted by molar-refractivity contribution is 5.30. The summed E-state index contributed by atoms with van der Waals surface area (Å²) in [6.45, 7) is -0.114. The summed E-state index contributed by atoms with van der Waals surface area (Å²) >= 11 is 0. The minimum atomic E-state index is -1.81. The summed E-state index contributed by atoms with van der Waals surface area (Å²) in [7, 11) is 0. The Bertz CT molecular complexity index is 792. The summed E-state index contributed by atoms with van der Waals surface area (Å²) in [6.07, 6.45) is 1.31. The van der Waals surface area contributed by atoms with E-state index in [0.29, 0.717) is 11.1 Å². The van der Waals surface area contributed by atoms with Crippen LogP contribution in [-0.2, 0) is 12.1 Å². The largest absolute Gasteiger partial charge is 0.385 e. The van der Waals surface area contributed by atoms with Crippen molar-refractivity contribution < 1.29 is 19.0 Å². The summed E-state index contributed by atoms with van der Waals surface area (Å²) in [5.74, 6) is -0.911. The molecule has 1 aromatic heterocycles. The van der Waals surface area contributed by atoms with Crippen molar-refractivity contribution in [1.29, 1.82) is 0 Å². The lowest BCUT2D eigenvalue weighted by Crippen LogP contribution is -2.38. The second-order valence-corrected chi connectivity index (χ2v) is 5.48. The van der Waals surface area contributed by atoms with Crippen molar-refractivity contribution in [2.24, 2.45) is 0 Å². The van der Waals surface area contributed by atoms with Crippen LogP contribution in [0.25, 0.3) is 0 Å². The van der Waals surface area contributed by atoms with E-state index in [-0.39, 0.29) is 6.54 Å². The van der Waals surface area contributed by atoms with Gasteiger partial charge in [-0.1, -0.05) is 24.3 Å². The third-order valence-corrected chi connectivity index (χ3v) is 3.85. The summed E-state index contributed by atoms with van der Waals surface area (Å²) in [5.41, 5.74) is -1.18. The molecule has 2 atom stereocenters. The van der Waals surface area contributed by atoms with E-state index in [9.17, 15) is 19.0 Å². The van der Waals surface area contributed by atoms with Gasteiger partial charge in [-0.2, -0.15) is 5.10 Å². The Kier molecular flexibility index (Phi) is 4.37. The van der Waals surface area contributed by atoms with Gasteiger partial charge in [0, 0.05) is 0 Å². The zero-order valence-corrected chi connectivity index (χ0v) is 12.5. The van der Waals surface area contributed by atoms with E-state index in [1.807, 2.05) is 0 Å². The molecule has 0 spiro atoms. The highest BCUT2D eigenvalue weighted by Gasteiger charge is 2.39. The Morgan fingerprint density at radius 2 is 1.58 bits per heavy atom. The van der Waals surface area contributed by atoms with Crippen molar-refractivity contribution in [2.75, 3.05) is 0 Å². The van der Waals surface area contributed by atoms with Crippen molar-refractivity contribution in [3.05, 3.63) is 83.9 Å². The zero-order valence-electron chi connectivity index (χ0n) is 12.5. The fraction of sp³-hybridized carbons (Fsp3) is 0.176. The Morgan fingerprint density at radius 3 is 2.12 bits per heavy atom. The topological polar surface area (TPSA) is 71.2 Å². The monoisotopic (exact) mass is 331 g/mol. The van der Waals surface area contributed by atoms with E-state index in [1.54, 1.807) is 0 Å². The lowest BCUT2D eigenvalue weighted by Gasteiger charge is -2.33. The molecular formula is C17H15F2N3O2. The summed E-state index contributed by atoms with van der Waals surface area (Å²) in [5, 5.41) is 25.8. The first-order chi connectivity index (χ1) is 11.5. The molecule has 0 bridgehead atoms. The van der Waals surface area contributed by atoms with Crippen molar-refractivity contribution in [3.8, 4) is 0 Å². The Labute approximate surface area is 136 Å². The minimum absolute atomic E-state index is 0.114. The van der Waals surface area contributed by atoms with E-state index in [2.05, 4.69) is 10.1 Å². The first-order valence-corrected chi connectivity index (χ1v) is 7.23. The fourth-order valence-electron chi connectivity index (χ4n) is 2.56. The summed E-state index contributed by atoms with van der Waals surface area (Å²) in [6, 6.07) is 10.3. The molecule has 0 aliphatic carbocycles. The van der Waals surface area contributed by atoms with Crippen molar-refractivity contribution in [2.45, 2.75) is 18.2 Å². The van der Waals surface area contributed by atoms with Crippen LogP contribution in [0, 0.1) is 11.6 Å². The molecule has 0 amide bonds. The van der Waals surface area contributed by atoms with Crippen LogP contribution in [0.2, 0.25) is 0 Å². The van der Waals surface area contributed by atoms with Gasteiger partial charge in [0.1, 0.15) is 36.0 Å². The second kappa shape index (κ2) is 6.46. The predicted molar refractivity (Wildman–Crippen MR) is 81.7 cm³/mol. The molecule has 2 N–H and O–H groups in total. The average Bonchev–Trinajstić information content (AvgIpc) is 3.08. The van der Waals surface area contributed by atoms with E-state index in [0.717, 1.165) is 0 Å². The van der Waals surface area contributed by atoms with Crippen LogP contribution in [0.1, 0.15) is 17.2 Å². The molecule has 0 saturated carbocycles. The second-order valence-electron chi connectivity index (χ2n) is 5.48. The number of rotatable bonds is 5. The third-order valence-electron chi connectivity index (χ3n) is 3.85. The maximum absolute atomic E-state index is 13.2. The molecule has 3 aromatic rings. The normalized spacial score (nSPS) is 15.0. The summed E-state index contributed by atoms with van der Waals surface area (Å²) in [4.78, 5) is 3.81. The molecule has 5 nitrogen and oxygen atoms in total. The van der Waals surface area contributed by atoms with Gasteiger partial charge in [-0.05, 0) is 35.4 Å². The van der Waals surface area contributed by atoms with Gasteiger partial charge in [0.05, 0.1) is 6.54 Å². The number of aliphatic hydroxyl groups is 2. The van der Waals surface area contributed by atoms with E-state index in [4.69, 9.17) is 0 Å². The Morgan fingerprint density at radius 1 is 1.00 bits per heavy atom. The van der Waals surface area contributed by atoms with Crippen LogP contribution in [0.5, 0.6) is 0 Å². The van der Waals surface area contributed by atoms with Crippen LogP contribution in [0.4, 0.5) is 8.78 Å². The van der Waals surface area contributed by atoms with Gasteiger partial charge in [0.25, 0.3) is 0 Å². The molecule has 124 valence electrons. The van der Waals surface area contributed by atoms with Gasteiger partial charge in [-0.15, -0.1) is 0 Å². The van der Waals surface area contributed by atoms with E-state index >= 15 is 0 Å². The van der Waals surface area contributed by atoms with E-state index < -0.39 is 23.3 Å². The lowest BCUT2D eigenvalue weighted by molar-refractivity contribution is -0.0965. The quantitative estimate of drug-likeness (QED) is 0.752. The minimum Gasteiger partial charge on any atom is -0.385 e. The lowest BCUT2D eigenvalue weighted by atomic mass is 9.84. The van der Waals surface area contributed by atoms with Gasteiger partial charge in [0.15, 0.2) is 0 Å². The molecule has 7 heteroatoms. The maximum Gasteiger partial charge on any atom is 0.139 e. The molecule has 0 unspecified atom stereocenters. The fourth-order valence-corrected chi connectivity index (χ4v) is 2.56. The smallest absolute Gasteiger partial charge is 0.139 e. The van der Waals surface area contributed by atoms with Crippen LogP contribution < -0.4 is 0 Å². The molecule has 0 radical (unpaired) electrons.